The third-order valence-electron chi connectivity index (χ3n) is 2.39. The molecule has 0 aromatic heterocycles. The third-order valence-corrected chi connectivity index (χ3v) is 2.39. The van der Waals surface area contributed by atoms with Crippen molar-refractivity contribution in [3.05, 3.63) is 0 Å². The summed E-state index contributed by atoms with van der Waals surface area (Å²) in [5.74, 6) is 1.84. The lowest BCUT2D eigenvalue weighted by atomic mass is 9.92. The van der Waals surface area contributed by atoms with E-state index in [1.165, 1.54) is 26.1 Å². The number of likely N-dealkylation sites (tertiary alicyclic amines) is 1. The van der Waals surface area contributed by atoms with Gasteiger partial charge in [-0.15, -0.1) is 0 Å². The monoisotopic (exact) mass is 141 g/mol. The van der Waals surface area contributed by atoms with Gasteiger partial charge in [0.1, 0.15) is 0 Å². The van der Waals surface area contributed by atoms with E-state index in [4.69, 9.17) is 0 Å². The molecule has 2 atom stereocenters. The van der Waals surface area contributed by atoms with Crippen molar-refractivity contribution in [2.45, 2.75) is 27.2 Å². The van der Waals surface area contributed by atoms with E-state index in [2.05, 4.69) is 25.7 Å². The van der Waals surface area contributed by atoms with Crippen LogP contribution >= 0.6 is 0 Å². The number of hydrogen-bond acceptors (Lipinski definition) is 1. The van der Waals surface area contributed by atoms with Crippen molar-refractivity contribution >= 4 is 0 Å². The van der Waals surface area contributed by atoms with Crippen LogP contribution in [0.1, 0.15) is 27.2 Å². The molecule has 1 fully saturated rings. The van der Waals surface area contributed by atoms with Gasteiger partial charge in [0, 0.05) is 13.1 Å². The van der Waals surface area contributed by atoms with Gasteiger partial charge in [-0.1, -0.05) is 20.8 Å². The Kier molecular flexibility index (Phi) is 2.72. The van der Waals surface area contributed by atoms with E-state index in [1.807, 2.05) is 0 Å². The minimum absolute atomic E-state index is 0.920. The second-order valence-corrected chi connectivity index (χ2v) is 3.80. The zero-order chi connectivity index (χ0) is 7.56. The van der Waals surface area contributed by atoms with Gasteiger partial charge in [-0.05, 0) is 24.8 Å². The minimum Gasteiger partial charge on any atom is -0.303 e. The first-order valence-electron chi connectivity index (χ1n) is 4.44. The Hall–Kier alpha value is -0.0400. The van der Waals surface area contributed by atoms with Gasteiger partial charge in [-0.25, -0.2) is 0 Å². The first-order chi connectivity index (χ1) is 4.72. The molecule has 1 aliphatic heterocycles. The van der Waals surface area contributed by atoms with Crippen LogP contribution in [0.25, 0.3) is 0 Å². The van der Waals surface area contributed by atoms with Gasteiger partial charge < -0.3 is 4.90 Å². The van der Waals surface area contributed by atoms with Gasteiger partial charge in [-0.2, -0.15) is 0 Å². The number of rotatable bonds is 1. The summed E-state index contributed by atoms with van der Waals surface area (Å²) < 4.78 is 0. The fraction of sp³-hybridized carbons (Fsp3) is 1.00. The predicted octanol–water partition coefficient (Wildman–Crippen LogP) is 1.98. The average molecular weight is 141 g/mol. The molecule has 0 spiro atoms. The molecule has 0 aliphatic carbocycles. The lowest BCUT2D eigenvalue weighted by molar-refractivity contribution is 0.148. The van der Waals surface area contributed by atoms with Crippen LogP contribution in [0.2, 0.25) is 0 Å². The first-order valence-corrected chi connectivity index (χ1v) is 4.44. The molecule has 60 valence electrons. The largest absolute Gasteiger partial charge is 0.303 e. The molecule has 1 nitrogen and oxygen atoms in total. The Morgan fingerprint density at radius 3 is 2.10 bits per heavy atom. The third kappa shape index (κ3) is 1.98. The van der Waals surface area contributed by atoms with Crippen LogP contribution in [-0.4, -0.2) is 24.5 Å². The van der Waals surface area contributed by atoms with Crippen molar-refractivity contribution in [2.24, 2.45) is 11.8 Å². The van der Waals surface area contributed by atoms with Crippen LogP contribution in [0.4, 0.5) is 0 Å². The van der Waals surface area contributed by atoms with Crippen molar-refractivity contribution in [1.29, 1.82) is 0 Å². The molecule has 0 radical (unpaired) electrons. The van der Waals surface area contributed by atoms with Gasteiger partial charge in [0.25, 0.3) is 0 Å². The number of hydrogen-bond donors (Lipinski definition) is 0. The smallest absolute Gasteiger partial charge is 0.000712 e. The molecule has 0 N–H and O–H groups in total. The Morgan fingerprint density at radius 1 is 1.20 bits per heavy atom. The van der Waals surface area contributed by atoms with Gasteiger partial charge in [-0.3, -0.25) is 0 Å². The Morgan fingerprint density at radius 2 is 1.70 bits per heavy atom. The molecule has 0 amide bonds. The summed E-state index contributed by atoms with van der Waals surface area (Å²) in [6.07, 6.45) is 1.43. The highest BCUT2D eigenvalue weighted by Crippen LogP contribution is 2.19. The summed E-state index contributed by atoms with van der Waals surface area (Å²) in [6, 6.07) is 0. The van der Waals surface area contributed by atoms with Crippen molar-refractivity contribution in [3.8, 4) is 0 Å². The molecule has 0 unspecified atom stereocenters. The molecule has 1 saturated heterocycles. The molecule has 10 heavy (non-hydrogen) atoms. The highest BCUT2D eigenvalue weighted by molar-refractivity contribution is 4.73. The fourth-order valence-electron chi connectivity index (χ4n) is 2.05. The van der Waals surface area contributed by atoms with E-state index in [1.54, 1.807) is 0 Å². The standard InChI is InChI=1S/C9H19N/c1-4-10-6-8(2)5-9(3)7-10/h8-9H,4-7H2,1-3H3/t8-,9+. The molecular weight excluding hydrogens is 122 g/mol. The Bertz CT molecular complexity index is 90.9. The lowest BCUT2D eigenvalue weighted by Gasteiger charge is -2.33. The quantitative estimate of drug-likeness (QED) is 0.540. The van der Waals surface area contributed by atoms with Crippen LogP contribution in [-0.2, 0) is 0 Å². The normalized spacial score (nSPS) is 36.3. The SMILES string of the molecule is CCN1C[C@H](C)C[C@H](C)C1. The lowest BCUT2D eigenvalue weighted by Crippen LogP contribution is -2.38. The Labute approximate surface area is 64.4 Å². The minimum atomic E-state index is 0.920. The fourth-order valence-corrected chi connectivity index (χ4v) is 2.05. The van der Waals surface area contributed by atoms with E-state index in [0.29, 0.717) is 0 Å². The molecular formula is C9H19N. The van der Waals surface area contributed by atoms with Gasteiger partial charge >= 0.3 is 0 Å². The molecule has 0 aromatic rings. The van der Waals surface area contributed by atoms with Gasteiger partial charge in [0.2, 0.25) is 0 Å². The molecule has 1 heteroatoms. The maximum absolute atomic E-state index is 2.55. The van der Waals surface area contributed by atoms with Gasteiger partial charge in [0.15, 0.2) is 0 Å². The van der Waals surface area contributed by atoms with E-state index in [9.17, 15) is 0 Å². The van der Waals surface area contributed by atoms with Crippen molar-refractivity contribution in [3.63, 3.8) is 0 Å². The van der Waals surface area contributed by atoms with Crippen LogP contribution in [0.15, 0.2) is 0 Å². The van der Waals surface area contributed by atoms with Crippen LogP contribution in [0.3, 0.4) is 0 Å². The van der Waals surface area contributed by atoms with Crippen molar-refractivity contribution in [1.82, 2.24) is 4.90 Å². The summed E-state index contributed by atoms with van der Waals surface area (Å²) >= 11 is 0. The topological polar surface area (TPSA) is 3.24 Å². The molecule has 1 aliphatic rings. The summed E-state index contributed by atoms with van der Waals surface area (Å²) in [7, 11) is 0. The van der Waals surface area contributed by atoms with Gasteiger partial charge in [0.05, 0.1) is 0 Å². The summed E-state index contributed by atoms with van der Waals surface area (Å²) in [5.41, 5.74) is 0. The van der Waals surface area contributed by atoms with E-state index in [0.717, 1.165) is 11.8 Å². The zero-order valence-electron chi connectivity index (χ0n) is 7.43. The highest BCUT2D eigenvalue weighted by atomic mass is 15.1. The molecule has 1 heterocycles. The summed E-state index contributed by atoms with van der Waals surface area (Å²) in [4.78, 5) is 2.55. The first kappa shape index (κ1) is 8.06. The highest BCUT2D eigenvalue weighted by Gasteiger charge is 2.19. The zero-order valence-corrected chi connectivity index (χ0v) is 7.43. The number of piperidine rings is 1. The average Bonchev–Trinajstić information content (AvgIpc) is 1.85. The summed E-state index contributed by atoms with van der Waals surface area (Å²) in [6.45, 7) is 10.8. The number of nitrogens with zero attached hydrogens (tertiary/aromatic N) is 1. The second kappa shape index (κ2) is 3.38. The van der Waals surface area contributed by atoms with Crippen molar-refractivity contribution < 1.29 is 0 Å². The van der Waals surface area contributed by atoms with E-state index >= 15 is 0 Å². The van der Waals surface area contributed by atoms with E-state index in [-0.39, 0.29) is 0 Å². The second-order valence-electron chi connectivity index (χ2n) is 3.80. The van der Waals surface area contributed by atoms with Crippen LogP contribution in [0.5, 0.6) is 0 Å². The maximum atomic E-state index is 2.55. The maximum Gasteiger partial charge on any atom is 0.000712 e. The predicted molar refractivity (Wildman–Crippen MR) is 45.1 cm³/mol. The van der Waals surface area contributed by atoms with E-state index < -0.39 is 0 Å². The molecule has 0 aromatic carbocycles. The Balaban J connectivity index is 2.35. The van der Waals surface area contributed by atoms with Crippen molar-refractivity contribution in [2.75, 3.05) is 19.6 Å². The van der Waals surface area contributed by atoms with Crippen LogP contribution in [0, 0.1) is 11.8 Å². The molecule has 1 rings (SSSR count). The summed E-state index contributed by atoms with van der Waals surface area (Å²) in [5, 5.41) is 0. The molecule has 0 bridgehead atoms. The molecule has 0 saturated carbocycles. The van der Waals surface area contributed by atoms with Crippen LogP contribution < -0.4 is 0 Å².